The van der Waals surface area contributed by atoms with Crippen molar-refractivity contribution in [1.29, 1.82) is 0 Å². The van der Waals surface area contributed by atoms with Gasteiger partial charge in [0.2, 0.25) is 5.91 Å². The quantitative estimate of drug-likeness (QED) is 0.475. The third-order valence-corrected chi connectivity index (χ3v) is 5.62. The first-order valence-electron chi connectivity index (χ1n) is 8.26. The second-order valence-corrected chi connectivity index (χ2v) is 7.96. The van der Waals surface area contributed by atoms with Crippen molar-refractivity contribution >= 4 is 29.0 Å². The Balaban J connectivity index is 1.88. The molecule has 0 fully saturated rings. The van der Waals surface area contributed by atoms with Gasteiger partial charge in [0.25, 0.3) is 0 Å². The molecule has 2 heterocycles. The Labute approximate surface area is 161 Å². The van der Waals surface area contributed by atoms with Crippen LogP contribution in [0.4, 0.5) is 0 Å². The summed E-state index contributed by atoms with van der Waals surface area (Å²) in [7, 11) is 0. The van der Waals surface area contributed by atoms with Crippen LogP contribution in [0.2, 0.25) is 0 Å². The summed E-state index contributed by atoms with van der Waals surface area (Å²) < 4.78 is 2.03. The van der Waals surface area contributed by atoms with Crippen molar-refractivity contribution in [3.63, 3.8) is 0 Å². The summed E-state index contributed by atoms with van der Waals surface area (Å²) in [5.41, 5.74) is 0.991. The summed E-state index contributed by atoms with van der Waals surface area (Å²) in [5, 5.41) is 14.1. The van der Waals surface area contributed by atoms with E-state index in [1.54, 1.807) is 17.4 Å². The molecule has 0 aliphatic carbocycles. The minimum absolute atomic E-state index is 0.0441. The van der Waals surface area contributed by atoms with Gasteiger partial charge < -0.3 is 5.32 Å². The van der Waals surface area contributed by atoms with Gasteiger partial charge in [-0.05, 0) is 30.5 Å². The molecule has 1 unspecified atom stereocenters. The average Bonchev–Trinajstić information content (AvgIpc) is 3.31. The normalized spacial score (nSPS) is 11.9. The van der Waals surface area contributed by atoms with Crippen molar-refractivity contribution in [2.75, 3.05) is 6.54 Å². The first-order valence-corrected chi connectivity index (χ1v) is 10.0. The maximum absolute atomic E-state index is 12.2. The molecule has 0 aliphatic heterocycles. The Morgan fingerprint density at radius 1 is 1.31 bits per heavy atom. The van der Waals surface area contributed by atoms with Crippen molar-refractivity contribution in [2.24, 2.45) is 0 Å². The highest BCUT2D eigenvalue weighted by Crippen LogP contribution is 2.27. The topological polar surface area (TPSA) is 59.8 Å². The van der Waals surface area contributed by atoms with E-state index in [1.807, 2.05) is 47.9 Å². The molecule has 5 nitrogen and oxygen atoms in total. The van der Waals surface area contributed by atoms with Gasteiger partial charge in [-0.15, -0.1) is 28.1 Å². The standard InChI is InChI=1S/C19H20N4OS2/c1-3-11-20-18(24)14(2)26-19-22-21-17(13-16-10-7-12-25-16)23(19)15-8-5-4-6-9-15/h3-10,12,14H,1,11,13H2,2H3,(H,20,24). The monoisotopic (exact) mass is 384 g/mol. The van der Waals surface area contributed by atoms with Crippen LogP contribution in [0, 0.1) is 0 Å². The Morgan fingerprint density at radius 3 is 2.81 bits per heavy atom. The third kappa shape index (κ3) is 4.42. The van der Waals surface area contributed by atoms with E-state index in [9.17, 15) is 4.79 Å². The van der Waals surface area contributed by atoms with Gasteiger partial charge in [-0.2, -0.15) is 0 Å². The molecule has 0 spiro atoms. The Morgan fingerprint density at radius 2 is 2.12 bits per heavy atom. The van der Waals surface area contributed by atoms with Gasteiger partial charge in [0.05, 0.1) is 5.25 Å². The van der Waals surface area contributed by atoms with E-state index in [-0.39, 0.29) is 11.2 Å². The van der Waals surface area contributed by atoms with E-state index >= 15 is 0 Å². The maximum Gasteiger partial charge on any atom is 0.233 e. The van der Waals surface area contributed by atoms with Crippen LogP contribution in [0.3, 0.4) is 0 Å². The minimum atomic E-state index is -0.281. The van der Waals surface area contributed by atoms with Gasteiger partial charge in [0.15, 0.2) is 5.16 Å². The number of hydrogen-bond acceptors (Lipinski definition) is 5. The molecule has 1 aromatic carbocycles. The van der Waals surface area contributed by atoms with Crippen LogP contribution < -0.4 is 5.32 Å². The van der Waals surface area contributed by atoms with Crippen LogP contribution in [0.5, 0.6) is 0 Å². The first-order chi connectivity index (χ1) is 12.7. The molecule has 0 saturated heterocycles. The Bertz CT molecular complexity index is 859. The SMILES string of the molecule is C=CCNC(=O)C(C)Sc1nnc(Cc2cccs2)n1-c1ccccc1. The number of benzene rings is 1. The highest BCUT2D eigenvalue weighted by Gasteiger charge is 2.21. The summed E-state index contributed by atoms with van der Waals surface area (Å²) in [5.74, 6) is 0.817. The largest absolute Gasteiger partial charge is 0.352 e. The number of carbonyl (C=O) groups is 1. The van der Waals surface area contributed by atoms with Crippen LogP contribution in [-0.4, -0.2) is 32.5 Å². The molecule has 2 aromatic heterocycles. The van der Waals surface area contributed by atoms with E-state index in [4.69, 9.17) is 0 Å². The summed E-state index contributed by atoms with van der Waals surface area (Å²) >= 11 is 3.10. The van der Waals surface area contributed by atoms with Crippen LogP contribution >= 0.6 is 23.1 Å². The highest BCUT2D eigenvalue weighted by molar-refractivity contribution is 8.00. The molecule has 7 heteroatoms. The molecular formula is C19H20N4OS2. The molecule has 0 aliphatic rings. The average molecular weight is 385 g/mol. The fraction of sp³-hybridized carbons (Fsp3) is 0.211. The van der Waals surface area contributed by atoms with E-state index < -0.39 is 0 Å². The lowest BCUT2D eigenvalue weighted by atomic mass is 10.3. The number of carbonyl (C=O) groups excluding carboxylic acids is 1. The van der Waals surface area contributed by atoms with Crippen molar-refractivity contribution in [2.45, 2.75) is 23.8 Å². The predicted octanol–water partition coefficient (Wildman–Crippen LogP) is 3.70. The molecule has 0 bridgehead atoms. The van der Waals surface area contributed by atoms with Crippen molar-refractivity contribution < 1.29 is 4.79 Å². The first kappa shape index (κ1) is 18.4. The van der Waals surface area contributed by atoms with E-state index in [0.717, 1.165) is 11.5 Å². The molecule has 3 aromatic rings. The van der Waals surface area contributed by atoms with Crippen LogP contribution in [0.25, 0.3) is 5.69 Å². The van der Waals surface area contributed by atoms with Crippen LogP contribution in [0.15, 0.2) is 65.7 Å². The maximum atomic E-state index is 12.2. The molecule has 1 atom stereocenters. The zero-order valence-electron chi connectivity index (χ0n) is 14.5. The lowest BCUT2D eigenvalue weighted by Gasteiger charge is -2.13. The Hall–Kier alpha value is -2.38. The fourth-order valence-corrected chi connectivity index (χ4v) is 4.04. The smallest absolute Gasteiger partial charge is 0.233 e. The number of para-hydroxylation sites is 1. The predicted molar refractivity (Wildman–Crippen MR) is 107 cm³/mol. The summed E-state index contributed by atoms with van der Waals surface area (Å²) in [6.07, 6.45) is 2.37. The second-order valence-electron chi connectivity index (χ2n) is 5.62. The lowest BCUT2D eigenvalue weighted by Crippen LogP contribution is -2.31. The number of thiophene rings is 1. The van der Waals surface area contributed by atoms with Gasteiger partial charge in [0, 0.05) is 23.5 Å². The minimum Gasteiger partial charge on any atom is -0.352 e. The van der Waals surface area contributed by atoms with Gasteiger partial charge >= 0.3 is 0 Å². The Kier molecular flexibility index (Phi) is 6.25. The molecule has 1 N–H and O–H groups in total. The number of rotatable bonds is 8. The summed E-state index contributed by atoms with van der Waals surface area (Å²) in [6, 6.07) is 14.1. The van der Waals surface area contributed by atoms with Gasteiger partial charge in [0.1, 0.15) is 5.82 Å². The fourth-order valence-electron chi connectivity index (χ4n) is 2.42. The number of amides is 1. The van der Waals surface area contributed by atoms with Gasteiger partial charge in [-0.3, -0.25) is 9.36 Å². The third-order valence-electron chi connectivity index (χ3n) is 3.70. The molecule has 1 amide bonds. The molecule has 0 radical (unpaired) electrons. The zero-order valence-corrected chi connectivity index (χ0v) is 16.1. The molecule has 26 heavy (non-hydrogen) atoms. The molecular weight excluding hydrogens is 364 g/mol. The molecule has 0 saturated carbocycles. The van der Waals surface area contributed by atoms with E-state index in [0.29, 0.717) is 18.1 Å². The number of hydrogen-bond donors (Lipinski definition) is 1. The van der Waals surface area contributed by atoms with Crippen LogP contribution in [0.1, 0.15) is 17.6 Å². The zero-order chi connectivity index (χ0) is 18.4. The van der Waals surface area contributed by atoms with E-state index in [1.165, 1.54) is 16.6 Å². The van der Waals surface area contributed by atoms with E-state index in [2.05, 4.69) is 33.5 Å². The summed E-state index contributed by atoms with van der Waals surface area (Å²) in [4.78, 5) is 13.4. The molecule has 134 valence electrons. The van der Waals surface area contributed by atoms with Crippen LogP contribution in [-0.2, 0) is 11.2 Å². The summed E-state index contributed by atoms with van der Waals surface area (Å²) in [6.45, 7) is 5.95. The second kappa shape index (κ2) is 8.82. The number of thioether (sulfide) groups is 1. The van der Waals surface area contributed by atoms with Crippen molar-refractivity contribution in [3.05, 3.63) is 71.2 Å². The van der Waals surface area contributed by atoms with Gasteiger partial charge in [-0.25, -0.2) is 0 Å². The van der Waals surface area contributed by atoms with Crippen molar-refractivity contribution in [3.8, 4) is 5.69 Å². The van der Waals surface area contributed by atoms with Gasteiger partial charge in [-0.1, -0.05) is 42.1 Å². The number of aromatic nitrogens is 3. The number of nitrogens with zero attached hydrogens (tertiary/aromatic N) is 3. The molecule has 3 rings (SSSR count). The van der Waals surface area contributed by atoms with Crippen molar-refractivity contribution in [1.82, 2.24) is 20.1 Å². The highest BCUT2D eigenvalue weighted by atomic mass is 32.2. The lowest BCUT2D eigenvalue weighted by molar-refractivity contribution is -0.120. The number of nitrogens with one attached hydrogen (secondary N) is 1.